The van der Waals surface area contributed by atoms with Crippen LogP contribution in [0.1, 0.15) is 20.3 Å². The minimum atomic E-state index is -0.872. The second-order valence-electron chi connectivity index (χ2n) is 4.31. The maximum atomic E-state index is 11.4. The van der Waals surface area contributed by atoms with E-state index < -0.39 is 24.0 Å². The first kappa shape index (κ1) is 19.4. The van der Waals surface area contributed by atoms with Crippen LogP contribution in [0.15, 0.2) is 24.3 Å². The van der Waals surface area contributed by atoms with E-state index in [1.807, 2.05) is 0 Å². The molecule has 7 heteroatoms. The fraction of sp³-hybridized carbons (Fsp3) is 0.500. The zero-order valence-corrected chi connectivity index (χ0v) is 13.7. The van der Waals surface area contributed by atoms with Crippen molar-refractivity contribution in [1.82, 2.24) is 0 Å². The van der Waals surface area contributed by atoms with Gasteiger partial charge in [-0.05, 0) is 13.8 Å². The normalized spacial score (nSPS) is 9.90. The van der Waals surface area contributed by atoms with Crippen molar-refractivity contribution < 1.29 is 28.6 Å². The number of esters is 3. The maximum Gasteiger partial charge on any atom is 0.333 e. The van der Waals surface area contributed by atoms with E-state index in [2.05, 4.69) is 29.1 Å². The number of rotatable bonds is 9. The highest BCUT2D eigenvalue weighted by Gasteiger charge is 2.19. The first-order chi connectivity index (χ1) is 9.77. The lowest BCUT2D eigenvalue weighted by atomic mass is 10.3. The van der Waals surface area contributed by atoms with E-state index in [1.165, 1.54) is 13.8 Å². The SMILES string of the molecule is C=C(C)C(=O)OCC(COC(=O)C(=C)C)OC(=O)CCBr. The van der Waals surface area contributed by atoms with Crippen molar-refractivity contribution in [3.8, 4) is 0 Å². The van der Waals surface area contributed by atoms with Crippen LogP contribution in [0.25, 0.3) is 0 Å². The van der Waals surface area contributed by atoms with Gasteiger partial charge in [-0.1, -0.05) is 29.1 Å². The van der Waals surface area contributed by atoms with Crippen molar-refractivity contribution in [2.24, 2.45) is 0 Å². The molecule has 21 heavy (non-hydrogen) atoms. The molecular weight excluding hydrogens is 344 g/mol. The van der Waals surface area contributed by atoms with Crippen LogP contribution in [0.5, 0.6) is 0 Å². The number of hydrogen-bond acceptors (Lipinski definition) is 6. The minimum Gasteiger partial charge on any atom is -0.458 e. The highest BCUT2D eigenvalue weighted by Crippen LogP contribution is 2.04. The second kappa shape index (κ2) is 10.1. The van der Waals surface area contributed by atoms with Gasteiger partial charge in [-0.15, -0.1) is 0 Å². The molecule has 0 aromatic carbocycles. The van der Waals surface area contributed by atoms with Crippen molar-refractivity contribution in [3.05, 3.63) is 24.3 Å². The number of alkyl halides is 1. The summed E-state index contributed by atoms with van der Waals surface area (Å²) < 4.78 is 14.9. The largest absolute Gasteiger partial charge is 0.458 e. The molecule has 0 aromatic heterocycles. The Labute approximate surface area is 132 Å². The second-order valence-corrected chi connectivity index (χ2v) is 5.10. The molecule has 0 spiro atoms. The lowest BCUT2D eigenvalue weighted by Crippen LogP contribution is -2.31. The first-order valence-corrected chi connectivity index (χ1v) is 7.30. The molecule has 0 aromatic rings. The van der Waals surface area contributed by atoms with Crippen molar-refractivity contribution in [1.29, 1.82) is 0 Å². The molecule has 118 valence electrons. The van der Waals surface area contributed by atoms with Gasteiger partial charge in [0.1, 0.15) is 13.2 Å². The highest BCUT2D eigenvalue weighted by atomic mass is 79.9. The molecule has 0 radical (unpaired) electrons. The maximum absolute atomic E-state index is 11.4. The summed E-state index contributed by atoms with van der Waals surface area (Å²) >= 11 is 3.11. The van der Waals surface area contributed by atoms with E-state index in [-0.39, 0.29) is 30.8 Å². The number of carbonyl (C=O) groups excluding carboxylic acids is 3. The monoisotopic (exact) mass is 362 g/mol. The minimum absolute atomic E-state index is 0.152. The number of halogens is 1. The van der Waals surface area contributed by atoms with Crippen LogP contribution < -0.4 is 0 Å². The van der Waals surface area contributed by atoms with Gasteiger partial charge < -0.3 is 14.2 Å². The molecule has 0 rings (SSSR count). The number of carbonyl (C=O) groups is 3. The number of ether oxygens (including phenoxy) is 3. The summed E-state index contributed by atoms with van der Waals surface area (Å²) in [5.41, 5.74) is 0.443. The molecule has 0 amide bonds. The average Bonchev–Trinajstić information content (AvgIpc) is 2.40. The predicted octanol–water partition coefficient (Wildman–Crippen LogP) is 1.92. The van der Waals surface area contributed by atoms with E-state index in [4.69, 9.17) is 14.2 Å². The summed E-state index contributed by atoms with van der Waals surface area (Å²) in [4.78, 5) is 34.1. The Bertz CT molecular complexity index is 399. The summed E-state index contributed by atoms with van der Waals surface area (Å²) in [7, 11) is 0. The van der Waals surface area contributed by atoms with E-state index >= 15 is 0 Å². The third kappa shape index (κ3) is 9.01. The van der Waals surface area contributed by atoms with Gasteiger partial charge in [0.05, 0.1) is 6.42 Å². The molecule has 0 aliphatic heterocycles. The Morgan fingerprint density at radius 1 is 1.00 bits per heavy atom. The zero-order valence-electron chi connectivity index (χ0n) is 12.1. The topological polar surface area (TPSA) is 78.9 Å². The van der Waals surface area contributed by atoms with Crippen molar-refractivity contribution in [2.45, 2.75) is 26.4 Å². The van der Waals surface area contributed by atoms with Gasteiger partial charge in [0.15, 0.2) is 6.10 Å². The summed E-state index contributed by atoms with van der Waals surface area (Å²) in [5, 5.41) is 0.440. The molecule has 0 aliphatic rings. The first-order valence-electron chi connectivity index (χ1n) is 6.18. The molecule has 0 atom stereocenters. The van der Waals surface area contributed by atoms with E-state index in [0.717, 1.165) is 0 Å². The van der Waals surface area contributed by atoms with Gasteiger partial charge in [0.25, 0.3) is 0 Å². The standard InChI is InChI=1S/C14H19BrO6/c1-9(2)13(17)19-7-11(21-12(16)5-6-15)8-20-14(18)10(3)4/h11H,1,3,5-8H2,2,4H3. The van der Waals surface area contributed by atoms with Gasteiger partial charge in [-0.2, -0.15) is 0 Å². The van der Waals surface area contributed by atoms with Crippen LogP contribution in [0.4, 0.5) is 0 Å². The van der Waals surface area contributed by atoms with E-state index in [1.54, 1.807) is 0 Å². The quantitative estimate of drug-likeness (QED) is 0.270. The third-order valence-corrected chi connectivity index (χ3v) is 2.49. The Hall–Kier alpha value is -1.63. The Morgan fingerprint density at radius 2 is 1.43 bits per heavy atom. The van der Waals surface area contributed by atoms with Crippen LogP contribution in [-0.4, -0.2) is 42.6 Å². The summed E-state index contributed by atoms with van der Waals surface area (Å²) in [6, 6.07) is 0. The predicted molar refractivity (Wildman–Crippen MR) is 79.8 cm³/mol. The molecule has 0 aliphatic carbocycles. The molecule has 0 fully saturated rings. The van der Waals surface area contributed by atoms with E-state index in [9.17, 15) is 14.4 Å². The molecule has 0 N–H and O–H groups in total. The van der Waals surface area contributed by atoms with Crippen LogP contribution in [0.3, 0.4) is 0 Å². The van der Waals surface area contributed by atoms with Crippen molar-refractivity contribution in [3.63, 3.8) is 0 Å². The Morgan fingerprint density at radius 3 is 1.76 bits per heavy atom. The third-order valence-electron chi connectivity index (χ3n) is 2.09. The lowest BCUT2D eigenvalue weighted by molar-refractivity contribution is -0.164. The highest BCUT2D eigenvalue weighted by molar-refractivity contribution is 9.09. The summed E-state index contributed by atoms with van der Waals surface area (Å²) in [6.45, 7) is 9.42. The average molecular weight is 363 g/mol. The molecule has 0 saturated heterocycles. The van der Waals surface area contributed by atoms with Crippen molar-refractivity contribution in [2.75, 3.05) is 18.5 Å². The van der Waals surface area contributed by atoms with E-state index in [0.29, 0.717) is 5.33 Å². The van der Waals surface area contributed by atoms with Crippen LogP contribution in [0, 0.1) is 0 Å². The van der Waals surface area contributed by atoms with Gasteiger partial charge >= 0.3 is 17.9 Å². The van der Waals surface area contributed by atoms with Gasteiger partial charge in [0, 0.05) is 16.5 Å². The van der Waals surface area contributed by atoms with Crippen molar-refractivity contribution >= 4 is 33.8 Å². The molecular formula is C14H19BrO6. The Balaban J connectivity index is 4.49. The zero-order chi connectivity index (χ0) is 16.4. The van der Waals surface area contributed by atoms with Crippen LogP contribution >= 0.6 is 15.9 Å². The van der Waals surface area contributed by atoms with Gasteiger partial charge in [-0.3, -0.25) is 4.79 Å². The summed E-state index contributed by atoms with van der Waals surface area (Å²) in [5.74, 6) is -1.71. The molecule has 0 bridgehead atoms. The smallest absolute Gasteiger partial charge is 0.333 e. The molecule has 0 unspecified atom stereocenters. The lowest BCUT2D eigenvalue weighted by Gasteiger charge is -2.18. The molecule has 0 heterocycles. The number of hydrogen-bond donors (Lipinski definition) is 0. The van der Waals surface area contributed by atoms with Crippen LogP contribution in [-0.2, 0) is 28.6 Å². The fourth-order valence-corrected chi connectivity index (χ4v) is 1.35. The van der Waals surface area contributed by atoms with Gasteiger partial charge in [0.2, 0.25) is 0 Å². The van der Waals surface area contributed by atoms with Crippen LogP contribution in [0.2, 0.25) is 0 Å². The van der Waals surface area contributed by atoms with Gasteiger partial charge in [-0.25, -0.2) is 9.59 Å². The Kier molecular flexibility index (Phi) is 9.36. The molecule has 6 nitrogen and oxygen atoms in total. The summed E-state index contributed by atoms with van der Waals surface area (Å²) in [6.07, 6.45) is -0.720. The molecule has 0 saturated carbocycles. The fourth-order valence-electron chi connectivity index (χ4n) is 1.02.